The van der Waals surface area contributed by atoms with Crippen LogP contribution in [-0.4, -0.2) is 3.21 Å². The predicted molar refractivity (Wildman–Crippen MR) is 225 cm³/mol. The van der Waals surface area contributed by atoms with E-state index in [0.29, 0.717) is 11.3 Å². The summed E-state index contributed by atoms with van der Waals surface area (Å²) in [6.45, 7) is 22.8. The van der Waals surface area contributed by atoms with Gasteiger partial charge in [-0.15, -0.1) is 39.7 Å². The van der Waals surface area contributed by atoms with Gasteiger partial charge >= 0.3 is 99.2 Å². The third-order valence-corrected chi connectivity index (χ3v) is 12.5. The first-order valence-electron chi connectivity index (χ1n) is 19.2. The van der Waals surface area contributed by atoms with Gasteiger partial charge in [-0.3, -0.25) is 6.08 Å². The van der Waals surface area contributed by atoms with Crippen LogP contribution < -0.4 is 24.8 Å². The fourth-order valence-electron chi connectivity index (χ4n) is 8.16. The number of rotatable bonds is 5. The zero-order valence-electron chi connectivity index (χ0n) is 33.9. The molecule has 0 bridgehead atoms. The molecular weight excluding hydrogens is 775 g/mol. The zero-order valence-corrected chi connectivity index (χ0v) is 37.9. The van der Waals surface area contributed by atoms with Crippen molar-refractivity contribution in [3.8, 4) is 0 Å². The molecule has 0 aromatic heterocycles. The van der Waals surface area contributed by atoms with Crippen LogP contribution in [-0.2, 0) is 35.1 Å². The SMILES string of the molecule is CC1=CC(C)(C)c2cc3[cH-]c4cc5c(cc4c3cc21)C(C)=CC5(C)C.CCCCC1[C-]=CC(C(C)(C)C)=C1.[Cl-].[Cl-].[Zr+2]=[C](c1ccccc1)c1ccccc1. The monoisotopic (exact) mass is 828 g/mol. The number of allylic oxidation sites excluding steroid dienone is 8. The van der Waals surface area contributed by atoms with E-state index in [0.717, 1.165) is 0 Å². The van der Waals surface area contributed by atoms with Gasteiger partial charge in [-0.05, 0) is 36.1 Å². The quantitative estimate of drug-likeness (QED) is 0.158. The van der Waals surface area contributed by atoms with Crippen molar-refractivity contribution >= 4 is 35.9 Å². The van der Waals surface area contributed by atoms with Gasteiger partial charge in [0.2, 0.25) is 0 Å². The molecule has 0 aliphatic heterocycles. The Morgan fingerprint density at radius 2 is 1.17 bits per heavy atom. The van der Waals surface area contributed by atoms with Crippen molar-refractivity contribution in [3.63, 3.8) is 0 Å². The Morgan fingerprint density at radius 3 is 1.56 bits per heavy atom. The van der Waals surface area contributed by atoms with Crippen molar-refractivity contribution < 1.29 is 49.0 Å². The average Bonchev–Trinajstić information content (AvgIpc) is 3.84. The van der Waals surface area contributed by atoms with Crippen molar-refractivity contribution in [2.75, 3.05) is 0 Å². The first-order valence-corrected chi connectivity index (χ1v) is 20.4. The molecule has 0 saturated carbocycles. The second kappa shape index (κ2) is 17.5. The van der Waals surface area contributed by atoms with E-state index in [9.17, 15) is 0 Å². The standard InChI is InChI=1S/C25H25.C13H10.C13H21.2ClH.Zr/c1-14-12-24(3,4)22-8-16-7-17-9-23-19(15(2)13-25(23,5)6)11-21(17)20(16)10-18(14)22;1-3-7-12(8-4-1)11-13-9-5-2-6-10-13;1-5-6-7-11-8-9-12(10-11)13(2,3)4;;;/h7-13H,1-6H3;1-10H;9-11H,5-7H2,1-4H3;2*1H;/q-1;;-1;;;+2/p-2. The molecule has 0 heterocycles. The Morgan fingerprint density at radius 1 is 0.722 bits per heavy atom. The summed E-state index contributed by atoms with van der Waals surface area (Å²) in [5.74, 6) is 0.592. The minimum atomic E-state index is 0. The fourth-order valence-corrected chi connectivity index (χ4v) is 8.98. The summed E-state index contributed by atoms with van der Waals surface area (Å²) < 4.78 is 1.42. The Kier molecular flexibility index (Phi) is 14.1. The van der Waals surface area contributed by atoms with E-state index in [1.165, 1.54) is 118 Å². The summed E-state index contributed by atoms with van der Waals surface area (Å²) in [7, 11) is 0. The molecule has 8 rings (SSSR count). The molecule has 0 nitrogen and oxygen atoms in total. The second-order valence-corrected chi connectivity index (χ2v) is 18.5. The number of unbranched alkanes of at least 4 members (excludes halogenated alkanes) is 1. The van der Waals surface area contributed by atoms with E-state index >= 15 is 0 Å². The van der Waals surface area contributed by atoms with Gasteiger partial charge in [0.1, 0.15) is 0 Å². The van der Waals surface area contributed by atoms with Gasteiger partial charge in [0, 0.05) is 10.8 Å². The van der Waals surface area contributed by atoms with Crippen molar-refractivity contribution in [2.24, 2.45) is 11.3 Å². The first kappa shape index (κ1) is 43.8. The van der Waals surface area contributed by atoms with Crippen molar-refractivity contribution in [1.29, 1.82) is 0 Å². The van der Waals surface area contributed by atoms with Crippen LogP contribution in [0.2, 0.25) is 0 Å². The van der Waals surface area contributed by atoms with Gasteiger partial charge in [0.15, 0.2) is 0 Å². The molecule has 1 unspecified atom stereocenters. The molecule has 5 aromatic carbocycles. The normalized spacial score (nSPS) is 17.1. The Labute approximate surface area is 353 Å². The van der Waals surface area contributed by atoms with Gasteiger partial charge < -0.3 is 24.8 Å². The van der Waals surface area contributed by atoms with Gasteiger partial charge in [-0.2, -0.15) is 11.6 Å². The van der Waals surface area contributed by atoms with Crippen LogP contribution in [0.3, 0.4) is 0 Å². The van der Waals surface area contributed by atoms with E-state index in [2.05, 4.69) is 191 Å². The van der Waals surface area contributed by atoms with Gasteiger partial charge in [0.25, 0.3) is 0 Å². The second-order valence-electron chi connectivity index (χ2n) is 17.3. The molecular formula is C51H56Cl2Zr-2. The first-order chi connectivity index (χ1) is 24.6. The van der Waals surface area contributed by atoms with Crippen LogP contribution in [0.15, 0.2) is 121 Å². The van der Waals surface area contributed by atoms with Crippen molar-refractivity contribution in [3.05, 3.63) is 160 Å². The number of halogens is 2. The van der Waals surface area contributed by atoms with Crippen LogP contribution in [0, 0.1) is 17.4 Å². The molecule has 3 aliphatic carbocycles. The van der Waals surface area contributed by atoms with Crippen molar-refractivity contribution in [1.82, 2.24) is 0 Å². The van der Waals surface area contributed by atoms with E-state index in [1.807, 2.05) is 0 Å². The number of fused-ring (bicyclic) bond motifs is 5. The summed E-state index contributed by atoms with van der Waals surface area (Å²) in [6.07, 6.45) is 16.7. The van der Waals surface area contributed by atoms with Crippen LogP contribution in [0.4, 0.5) is 0 Å². The molecule has 3 aliphatic rings. The third kappa shape index (κ3) is 9.35. The molecule has 0 spiro atoms. The minimum absolute atomic E-state index is 0. The summed E-state index contributed by atoms with van der Waals surface area (Å²) in [5, 5.41) is 5.57. The molecule has 5 aromatic rings. The van der Waals surface area contributed by atoms with Crippen molar-refractivity contribution in [2.45, 2.75) is 99.3 Å². The average molecular weight is 831 g/mol. The molecule has 0 amide bonds. The Hall–Kier alpha value is -2.96. The molecule has 280 valence electrons. The summed E-state index contributed by atoms with van der Waals surface area (Å²) in [6, 6.07) is 33.2. The Bertz CT molecular complexity index is 2100. The summed E-state index contributed by atoms with van der Waals surface area (Å²) in [4.78, 5) is 0. The van der Waals surface area contributed by atoms with E-state index in [1.54, 1.807) is 0 Å². The summed E-state index contributed by atoms with van der Waals surface area (Å²) in [5.41, 5.74) is 13.3. The fraction of sp³-hybridized carbons (Fsp3) is 0.333. The van der Waals surface area contributed by atoms with E-state index in [4.69, 9.17) is 0 Å². The van der Waals surface area contributed by atoms with Crippen LogP contribution in [0.25, 0.3) is 32.7 Å². The van der Waals surface area contributed by atoms with Crippen LogP contribution >= 0.6 is 0 Å². The third-order valence-electron chi connectivity index (χ3n) is 11.1. The number of hydrogen-bond donors (Lipinski definition) is 0. The molecule has 54 heavy (non-hydrogen) atoms. The zero-order chi connectivity index (χ0) is 37.4. The van der Waals surface area contributed by atoms with Gasteiger partial charge in [-0.25, -0.2) is 6.08 Å². The Balaban J connectivity index is 0.000000193. The van der Waals surface area contributed by atoms with Gasteiger partial charge in [-0.1, -0.05) is 121 Å². The molecule has 0 fully saturated rings. The predicted octanol–water partition coefficient (Wildman–Crippen LogP) is 8.05. The van der Waals surface area contributed by atoms with Gasteiger partial charge in [0.05, 0.1) is 0 Å². The molecule has 0 N–H and O–H groups in total. The van der Waals surface area contributed by atoms with Crippen LogP contribution in [0.1, 0.15) is 122 Å². The molecule has 3 heteroatoms. The summed E-state index contributed by atoms with van der Waals surface area (Å²) >= 11 is 1.46. The van der Waals surface area contributed by atoms with E-state index in [-0.39, 0.29) is 35.6 Å². The molecule has 0 saturated heterocycles. The number of hydrogen-bond acceptors (Lipinski definition) is 0. The maximum atomic E-state index is 3.43. The molecule has 1 atom stereocenters. The number of benzene rings is 4. The maximum absolute atomic E-state index is 3.43. The topological polar surface area (TPSA) is 0 Å². The van der Waals surface area contributed by atoms with E-state index < -0.39 is 0 Å². The molecule has 0 radical (unpaired) electrons. The van der Waals surface area contributed by atoms with Crippen LogP contribution in [0.5, 0.6) is 0 Å².